The molecule has 0 N–H and O–H groups in total. The van der Waals surface area contributed by atoms with E-state index in [1.54, 1.807) is 16.4 Å². The van der Waals surface area contributed by atoms with E-state index in [-0.39, 0.29) is 0 Å². The number of hydrogen-bond donors (Lipinski definition) is 0. The molecule has 0 saturated carbocycles. The Bertz CT molecular complexity index is 770. The largest absolute Gasteiger partial charge is 0.294 e. The summed E-state index contributed by atoms with van der Waals surface area (Å²) in [5, 5.41) is 0. The molecule has 0 aliphatic carbocycles. The minimum Gasteiger partial charge on any atom is -0.294 e. The fraction of sp³-hybridized carbons (Fsp3) is 0.333. The molecule has 128 valence electrons. The Kier molecular flexibility index (Phi) is 5.59. The first kappa shape index (κ1) is 17.8. The molecule has 24 heavy (non-hydrogen) atoms. The maximum absolute atomic E-state index is 12.7. The van der Waals surface area contributed by atoms with Gasteiger partial charge in [-0.2, -0.15) is 4.31 Å². The van der Waals surface area contributed by atoms with Gasteiger partial charge in [-0.05, 0) is 59.3 Å². The zero-order valence-electron chi connectivity index (χ0n) is 13.6. The Labute approximate surface area is 157 Å². The van der Waals surface area contributed by atoms with Crippen LogP contribution in [0, 0.1) is 3.57 Å². The highest BCUT2D eigenvalue weighted by Crippen LogP contribution is 2.24. The molecule has 1 atom stereocenters. The van der Waals surface area contributed by atoms with Crippen molar-refractivity contribution in [3.8, 4) is 0 Å². The second kappa shape index (κ2) is 7.51. The summed E-state index contributed by atoms with van der Waals surface area (Å²) in [4.78, 5) is 2.72. The van der Waals surface area contributed by atoms with Crippen molar-refractivity contribution >= 4 is 32.6 Å². The molecule has 1 aliphatic rings. The van der Waals surface area contributed by atoms with Crippen LogP contribution in [0.15, 0.2) is 59.5 Å². The molecule has 0 amide bonds. The van der Waals surface area contributed by atoms with E-state index in [2.05, 4.69) is 46.5 Å². The third-order valence-electron chi connectivity index (χ3n) is 4.55. The van der Waals surface area contributed by atoms with E-state index in [0.717, 1.165) is 16.7 Å². The topological polar surface area (TPSA) is 40.6 Å². The Morgan fingerprint density at radius 2 is 1.50 bits per heavy atom. The quantitative estimate of drug-likeness (QED) is 0.663. The van der Waals surface area contributed by atoms with Crippen molar-refractivity contribution in [2.45, 2.75) is 17.9 Å². The molecule has 0 spiro atoms. The van der Waals surface area contributed by atoms with Crippen molar-refractivity contribution < 1.29 is 8.42 Å². The van der Waals surface area contributed by atoms with Crippen LogP contribution in [0.3, 0.4) is 0 Å². The number of piperazine rings is 1. The summed E-state index contributed by atoms with van der Waals surface area (Å²) in [5.74, 6) is 0. The van der Waals surface area contributed by atoms with Gasteiger partial charge in [0.05, 0.1) is 4.90 Å². The van der Waals surface area contributed by atoms with Gasteiger partial charge < -0.3 is 0 Å². The second-order valence-electron chi connectivity index (χ2n) is 5.98. The molecule has 1 fully saturated rings. The highest BCUT2D eigenvalue weighted by atomic mass is 127. The number of nitrogens with zero attached hydrogens (tertiary/aromatic N) is 2. The monoisotopic (exact) mass is 456 g/mol. The molecule has 4 nitrogen and oxygen atoms in total. The zero-order chi connectivity index (χ0) is 17.2. The summed E-state index contributed by atoms with van der Waals surface area (Å²) < 4.78 is 28.1. The van der Waals surface area contributed by atoms with E-state index in [1.807, 2.05) is 30.3 Å². The Morgan fingerprint density at radius 3 is 2.08 bits per heavy atom. The van der Waals surface area contributed by atoms with Gasteiger partial charge in [0, 0.05) is 35.8 Å². The molecule has 3 rings (SSSR count). The van der Waals surface area contributed by atoms with Gasteiger partial charge in [0.15, 0.2) is 0 Å². The van der Waals surface area contributed by atoms with Gasteiger partial charge in [-0.1, -0.05) is 30.3 Å². The zero-order valence-corrected chi connectivity index (χ0v) is 16.6. The van der Waals surface area contributed by atoms with Crippen molar-refractivity contribution in [1.82, 2.24) is 9.21 Å². The van der Waals surface area contributed by atoms with E-state index >= 15 is 0 Å². The fourth-order valence-electron chi connectivity index (χ4n) is 3.03. The first-order valence-electron chi connectivity index (χ1n) is 8.03. The van der Waals surface area contributed by atoms with Crippen LogP contribution in [-0.4, -0.2) is 43.8 Å². The van der Waals surface area contributed by atoms with Crippen molar-refractivity contribution in [1.29, 1.82) is 0 Å². The lowest BCUT2D eigenvalue weighted by Gasteiger charge is -2.37. The summed E-state index contributed by atoms with van der Waals surface area (Å²) in [6.07, 6.45) is 0. The number of hydrogen-bond acceptors (Lipinski definition) is 3. The molecular formula is C18H21IN2O2S. The molecule has 2 aromatic rings. The Balaban J connectivity index is 1.67. The van der Waals surface area contributed by atoms with Gasteiger partial charge in [-0.25, -0.2) is 8.42 Å². The predicted octanol–water partition coefficient (Wildman–Crippen LogP) is 3.36. The van der Waals surface area contributed by atoms with Crippen molar-refractivity contribution in [2.75, 3.05) is 26.2 Å². The van der Waals surface area contributed by atoms with Crippen LogP contribution >= 0.6 is 22.6 Å². The van der Waals surface area contributed by atoms with Crippen molar-refractivity contribution in [3.05, 3.63) is 63.7 Å². The molecule has 6 heteroatoms. The number of sulfonamides is 1. The summed E-state index contributed by atoms with van der Waals surface area (Å²) in [5.41, 5.74) is 1.27. The van der Waals surface area contributed by atoms with Crippen LogP contribution in [-0.2, 0) is 10.0 Å². The normalized spacial score (nSPS) is 18.4. The molecule has 2 aromatic carbocycles. The minimum atomic E-state index is -3.39. The highest BCUT2D eigenvalue weighted by molar-refractivity contribution is 14.1. The lowest BCUT2D eigenvalue weighted by molar-refractivity contribution is 0.146. The average Bonchev–Trinajstić information content (AvgIpc) is 2.62. The molecule has 1 unspecified atom stereocenters. The van der Waals surface area contributed by atoms with Gasteiger partial charge >= 0.3 is 0 Å². The predicted molar refractivity (Wildman–Crippen MR) is 104 cm³/mol. The van der Waals surface area contributed by atoms with E-state index in [9.17, 15) is 8.42 Å². The highest BCUT2D eigenvalue weighted by Gasteiger charge is 2.30. The standard InChI is InChI=1S/C18H21IN2O2S/c1-15(16-5-3-2-4-6-16)20-11-13-21(14-12-20)24(22,23)18-9-7-17(19)8-10-18/h2-10,15H,11-14H2,1H3. The first-order valence-corrected chi connectivity index (χ1v) is 10.5. The smallest absolute Gasteiger partial charge is 0.243 e. The fourth-order valence-corrected chi connectivity index (χ4v) is 4.81. The molecule has 1 heterocycles. The van der Waals surface area contributed by atoms with Crippen molar-refractivity contribution in [2.24, 2.45) is 0 Å². The van der Waals surface area contributed by atoms with Gasteiger partial charge in [-0.15, -0.1) is 0 Å². The van der Waals surface area contributed by atoms with Crippen LogP contribution < -0.4 is 0 Å². The minimum absolute atomic E-state index is 0.300. The van der Waals surface area contributed by atoms with Crippen LogP contribution in [0.1, 0.15) is 18.5 Å². The summed E-state index contributed by atoms with van der Waals surface area (Å²) >= 11 is 2.18. The third-order valence-corrected chi connectivity index (χ3v) is 7.19. The van der Waals surface area contributed by atoms with E-state index in [1.165, 1.54) is 5.56 Å². The van der Waals surface area contributed by atoms with Gasteiger partial charge in [0.2, 0.25) is 10.0 Å². The van der Waals surface area contributed by atoms with E-state index < -0.39 is 10.0 Å². The van der Waals surface area contributed by atoms with Crippen LogP contribution in [0.2, 0.25) is 0 Å². The Hall–Kier alpha value is -0.960. The molecule has 1 aliphatic heterocycles. The maximum Gasteiger partial charge on any atom is 0.243 e. The lowest BCUT2D eigenvalue weighted by Crippen LogP contribution is -2.49. The van der Waals surface area contributed by atoms with E-state index in [4.69, 9.17) is 0 Å². The van der Waals surface area contributed by atoms with Crippen LogP contribution in [0.5, 0.6) is 0 Å². The van der Waals surface area contributed by atoms with Gasteiger partial charge in [0.25, 0.3) is 0 Å². The van der Waals surface area contributed by atoms with Crippen LogP contribution in [0.4, 0.5) is 0 Å². The van der Waals surface area contributed by atoms with Gasteiger partial charge in [-0.3, -0.25) is 4.90 Å². The van der Waals surface area contributed by atoms with E-state index in [0.29, 0.717) is 24.0 Å². The average molecular weight is 456 g/mol. The summed E-state index contributed by atoms with van der Waals surface area (Å²) in [7, 11) is -3.39. The number of halogens is 1. The molecule has 0 aromatic heterocycles. The van der Waals surface area contributed by atoms with Crippen LogP contribution in [0.25, 0.3) is 0 Å². The molecule has 1 saturated heterocycles. The first-order chi connectivity index (χ1) is 11.5. The second-order valence-corrected chi connectivity index (χ2v) is 9.16. The SMILES string of the molecule is CC(c1ccccc1)N1CCN(S(=O)(=O)c2ccc(I)cc2)CC1. The van der Waals surface area contributed by atoms with Crippen molar-refractivity contribution in [3.63, 3.8) is 0 Å². The molecule has 0 bridgehead atoms. The lowest BCUT2D eigenvalue weighted by atomic mass is 10.1. The van der Waals surface area contributed by atoms with Gasteiger partial charge in [0.1, 0.15) is 0 Å². The summed E-state index contributed by atoms with van der Waals surface area (Å²) in [6.45, 7) is 4.74. The summed E-state index contributed by atoms with van der Waals surface area (Å²) in [6, 6.07) is 17.7. The molecule has 0 radical (unpaired) electrons. The number of rotatable bonds is 4. The molecular weight excluding hydrogens is 435 g/mol. The Morgan fingerprint density at radius 1 is 0.917 bits per heavy atom. The number of benzene rings is 2. The third kappa shape index (κ3) is 3.82. The maximum atomic E-state index is 12.7.